The van der Waals surface area contributed by atoms with E-state index in [9.17, 15) is 13.2 Å². The summed E-state index contributed by atoms with van der Waals surface area (Å²) >= 11 is 0. The number of aliphatic carboxylic acids is 1. The number of rotatable bonds is 0. The molecule has 5 N–H and O–H groups in total. The zero-order chi connectivity index (χ0) is 8.78. The number of hydrogen-bond acceptors (Lipinski definition) is 3. The third-order valence-corrected chi connectivity index (χ3v) is 0.243. The van der Waals surface area contributed by atoms with Crippen molar-refractivity contribution in [2.45, 2.75) is 13.1 Å². The molecule has 0 heterocycles. The van der Waals surface area contributed by atoms with E-state index in [2.05, 4.69) is 0 Å². The summed E-state index contributed by atoms with van der Waals surface area (Å²) in [4.78, 5) is 8.90. The number of carboxylic acids is 1. The monoisotopic (exact) mass is 177 g/mol. The van der Waals surface area contributed by atoms with Crippen LogP contribution in [0.25, 0.3) is 0 Å². The Morgan fingerprint density at radius 2 is 1.55 bits per heavy atom. The van der Waals surface area contributed by atoms with Crippen molar-refractivity contribution in [3.63, 3.8) is 0 Å². The van der Waals surface area contributed by atoms with Gasteiger partial charge >= 0.3 is 12.1 Å². The Balaban J connectivity index is -0.000000140. The summed E-state index contributed by atoms with van der Waals surface area (Å²) in [5.74, 6) is -2.76. The molecule has 0 spiro atoms. The first-order valence-electron chi connectivity index (χ1n) is 2.27. The fourth-order valence-electron chi connectivity index (χ4n) is 0. The van der Waals surface area contributed by atoms with Crippen molar-refractivity contribution in [2.75, 3.05) is 6.61 Å². The summed E-state index contributed by atoms with van der Waals surface area (Å²) in [5, 5.41) is 14.7. The van der Waals surface area contributed by atoms with Gasteiger partial charge < -0.3 is 16.4 Å². The van der Waals surface area contributed by atoms with E-state index < -0.39 is 12.1 Å². The molecule has 0 radical (unpaired) electrons. The molecule has 0 aliphatic rings. The molecular weight excluding hydrogens is 167 g/mol. The molecule has 0 aromatic carbocycles. The number of halogens is 3. The van der Waals surface area contributed by atoms with Crippen LogP contribution in [0.15, 0.2) is 0 Å². The Morgan fingerprint density at radius 3 is 1.55 bits per heavy atom. The predicted octanol–water partition coefficient (Wildman–Crippen LogP) is 0.794. The Morgan fingerprint density at radius 1 is 1.45 bits per heavy atom. The molecule has 0 saturated carbocycles. The summed E-state index contributed by atoms with van der Waals surface area (Å²) in [7, 11) is 0. The van der Waals surface area contributed by atoms with E-state index in [1.165, 1.54) is 0 Å². The van der Waals surface area contributed by atoms with Gasteiger partial charge in [0.15, 0.2) is 0 Å². The van der Waals surface area contributed by atoms with Crippen LogP contribution < -0.4 is 6.15 Å². The van der Waals surface area contributed by atoms with Crippen LogP contribution in [0.4, 0.5) is 13.2 Å². The third-order valence-electron chi connectivity index (χ3n) is 0.243. The quantitative estimate of drug-likeness (QED) is 0.510. The minimum Gasteiger partial charge on any atom is -0.475 e. The number of aliphatic hydroxyl groups excluding tert-OH is 1. The minimum absolute atomic E-state index is 0. The van der Waals surface area contributed by atoms with Crippen LogP contribution >= 0.6 is 0 Å². The van der Waals surface area contributed by atoms with Crippen molar-refractivity contribution in [3.8, 4) is 0 Å². The zero-order valence-electron chi connectivity index (χ0n) is 5.85. The molecule has 0 rings (SSSR count). The first kappa shape index (κ1) is 16.6. The van der Waals surface area contributed by atoms with Crippen LogP contribution in [0.5, 0.6) is 0 Å². The Kier molecular flexibility index (Phi) is 11.0. The van der Waals surface area contributed by atoms with Gasteiger partial charge in [-0.3, -0.25) is 0 Å². The molecule has 0 aliphatic heterocycles. The second-order valence-electron chi connectivity index (χ2n) is 1.12. The molecule has 0 unspecified atom stereocenters. The summed E-state index contributed by atoms with van der Waals surface area (Å²) in [5.41, 5.74) is 0. The normalized spacial score (nSPS) is 8.82. The first-order valence-corrected chi connectivity index (χ1v) is 2.27. The molecule has 0 aliphatic carbocycles. The highest BCUT2D eigenvalue weighted by Gasteiger charge is 2.38. The highest BCUT2D eigenvalue weighted by Crippen LogP contribution is 2.13. The van der Waals surface area contributed by atoms with Crippen molar-refractivity contribution in [3.05, 3.63) is 0 Å². The molecule has 4 nitrogen and oxygen atoms in total. The van der Waals surface area contributed by atoms with E-state index >= 15 is 0 Å². The number of hydrogen-bond donors (Lipinski definition) is 3. The second-order valence-corrected chi connectivity index (χ2v) is 1.12. The maximum absolute atomic E-state index is 10.6. The van der Waals surface area contributed by atoms with Crippen LogP contribution in [-0.4, -0.2) is 29.0 Å². The fraction of sp³-hybridized carbons (Fsp3) is 0.750. The maximum Gasteiger partial charge on any atom is 0.490 e. The lowest BCUT2D eigenvalue weighted by Gasteiger charge is -1.93. The molecule has 70 valence electrons. The number of carboxylic acid groups (broad SMARTS) is 1. The van der Waals surface area contributed by atoms with Gasteiger partial charge in [0.25, 0.3) is 0 Å². The SMILES string of the molecule is CCO.N.O=C(O)C(F)(F)F. The lowest BCUT2D eigenvalue weighted by Crippen LogP contribution is -2.21. The molecule has 0 saturated heterocycles. The average Bonchev–Trinajstić information content (AvgIpc) is 1.64. The van der Waals surface area contributed by atoms with E-state index in [4.69, 9.17) is 15.0 Å². The number of carbonyl (C=O) groups is 1. The Labute approximate surface area is 61.2 Å². The van der Waals surface area contributed by atoms with Crippen molar-refractivity contribution >= 4 is 5.97 Å². The predicted molar refractivity (Wildman–Crippen MR) is 31.5 cm³/mol. The molecule has 11 heavy (non-hydrogen) atoms. The minimum atomic E-state index is -5.08. The Bertz CT molecular complexity index is 103. The standard InChI is InChI=1S/C2HF3O2.C2H6O.H3N/c3-2(4,5)1(6)7;1-2-3;/h(H,6,7);3H,2H2,1H3;1H3. The van der Waals surface area contributed by atoms with E-state index in [-0.39, 0.29) is 12.8 Å². The van der Waals surface area contributed by atoms with Gasteiger partial charge in [-0.2, -0.15) is 13.2 Å². The summed E-state index contributed by atoms with van der Waals surface area (Å²) in [6.07, 6.45) is -5.08. The highest BCUT2D eigenvalue weighted by molar-refractivity contribution is 5.73. The van der Waals surface area contributed by atoms with Crippen LogP contribution in [0.3, 0.4) is 0 Å². The lowest BCUT2D eigenvalue weighted by atomic mass is 10.7. The van der Waals surface area contributed by atoms with Crippen molar-refractivity contribution in [1.82, 2.24) is 6.15 Å². The van der Waals surface area contributed by atoms with Gasteiger partial charge in [0.05, 0.1) is 0 Å². The maximum atomic E-state index is 10.6. The van der Waals surface area contributed by atoms with Gasteiger partial charge in [0, 0.05) is 6.61 Å². The largest absolute Gasteiger partial charge is 0.490 e. The zero-order valence-corrected chi connectivity index (χ0v) is 5.85. The first-order chi connectivity index (χ1) is 4.36. The molecule has 0 aromatic rings. The van der Waals surface area contributed by atoms with Crippen LogP contribution in [0.2, 0.25) is 0 Å². The van der Waals surface area contributed by atoms with Crippen LogP contribution in [0, 0.1) is 0 Å². The summed E-state index contributed by atoms with van der Waals surface area (Å²) in [6, 6.07) is 0. The van der Waals surface area contributed by atoms with Gasteiger partial charge in [0.2, 0.25) is 0 Å². The van der Waals surface area contributed by atoms with Crippen LogP contribution in [0.1, 0.15) is 6.92 Å². The smallest absolute Gasteiger partial charge is 0.475 e. The van der Waals surface area contributed by atoms with Gasteiger partial charge in [0.1, 0.15) is 0 Å². The average molecular weight is 177 g/mol. The summed E-state index contributed by atoms with van der Waals surface area (Å²) in [6.45, 7) is 1.93. The third kappa shape index (κ3) is 17.6. The topological polar surface area (TPSA) is 92.5 Å². The molecule has 0 bridgehead atoms. The van der Waals surface area contributed by atoms with Gasteiger partial charge in [-0.25, -0.2) is 4.79 Å². The fourth-order valence-corrected chi connectivity index (χ4v) is 0. The van der Waals surface area contributed by atoms with Crippen molar-refractivity contribution in [1.29, 1.82) is 0 Å². The van der Waals surface area contributed by atoms with E-state index in [0.29, 0.717) is 0 Å². The van der Waals surface area contributed by atoms with Crippen molar-refractivity contribution in [2.24, 2.45) is 0 Å². The summed E-state index contributed by atoms with van der Waals surface area (Å²) < 4.78 is 31.7. The molecule has 0 amide bonds. The highest BCUT2D eigenvalue weighted by atomic mass is 19.4. The van der Waals surface area contributed by atoms with E-state index in [1.54, 1.807) is 6.92 Å². The molecule has 0 aromatic heterocycles. The van der Waals surface area contributed by atoms with Gasteiger partial charge in [-0.1, -0.05) is 0 Å². The van der Waals surface area contributed by atoms with E-state index in [0.717, 1.165) is 0 Å². The van der Waals surface area contributed by atoms with Gasteiger partial charge in [-0.15, -0.1) is 0 Å². The lowest BCUT2D eigenvalue weighted by molar-refractivity contribution is -0.192. The second kappa shape index (κ2) is 7.29. The molecule has 7 heteroatoms. The number of alkyl halides is 3. The molecule has 0 atom stereocenters. The molecular formula is C4H10F3NO3. The van der Waals surface area contributed by atoms with Crippen molar-refractivity contribution < 1.29 is 28.2 Å². The van der Waals surface area contributed by atoms with Crippen LogP contribution in [-0.2, 0) is 4.79 Å². The molecule has 0 fully saturated rings. The Hall–Kier alpha value is -0.820. The van der Waals surface area contributed by atoms with E-state index in [1.807, 2.05) is 0 Å². The van der Waals surface area contributed by atoms with Gasteiger partial charge in [-0.05, 0) is 6.92 Å². The number of aliphatic hydroxyl groups is 1.